The summed E-state index contributed by atoms with van der Waals surface area (Å²) in [5.74, 6) is -2.30. The predicted octanol–water partition coefficient (Wildman–Crippen LogP) is 2.35. The predicted molar refractivity (Wildman–Crippen MR) is 72.6 cm³/mol. The van der Waals surface area contributed by atoms with E-state index in [-0.39, 0.29) is 11.8 Å². The Labute approximate surface area is 114 Å². The van der Waals surface area contributed by atoms with Gasteiger partial charge in [-0.2, -0.15) is 0 Å². The molecule has 0 fully saturated rings. The molecule has 0 heterocycles. The first-order valence-electron chi connectivity index (χ1n) is 6.31. The molecule has 0 saturated heterocycles. The smallest absolute Gasteiger partial charge is 0.340 e. The summed E-state index contributed by atoms with van der Waals surface area (Å²) in [6.45, 7) is 6.94. The number of carbonyl (C=O) groups excluding carboxylic acids is 1. The average molecular weight is 266 g/mol. The second-order valence-electron chi connectivity index (χ2n) is 6.02. The first kappa shape index (κ1) is 15.7. The van der Waals surface area contributed by atoms with Gasteiger partial charge in [-0.1, -0.05) is 39.0 Å². The van der Waals surface area contributed by atoms with Gasteiger partial charge in [-0.15, -0.1) is 0 Å². The zero-order valence-corrected chi connectivity index (χ0v) is 11.9. The van der Waals surface area contributed by atoms with E-state index in [0.29, 0.717) is 5.56 Å². The van der Waals surface area contributed by atoms with Gasteiger partial charge < -0.3 is 14.9 Å². The maximum absolute atomic E-state index is 11.8. The van der Waals surface area contributed by atoms with Gasteiger partial charge in [0.2, 0.25) is 5.79 Å². The third-order valence-electron chi connectivity index (χ3n) is 2.89. The van der Waals surface area contributed by atoms with E-state index in [0.717, 1.165) is 0 Å². The van der Waals surface area contributed by atoms with Crippen molar-refractivity contribution in [2.24, 2.45) is 5.41 Å². The fourth-order valence-electron chi connectivity index (χ4n) is 1.54. The van der Waals surface area contributed by atoms with E-state index < -0.39 is 17.9 Å². The molecule has 0 aliphatic carbocycles. The van der Waals surface area contributed by atoms with Crippen LogP contribution in [0.4, 0.5) is 0 Å². The molecule has 2 N–H and O–H groups in total. The SMILES string of the molecule is CC(O)(CC(O)C(C)(C)C)OC(=O)c1ccccc1. The molecule has 0 radical (unpaired) electrons. The van der Waals surface area contributed by atoms with E-state index in [1.165, 1.54) is 6.92 Å². The highest BCUT2D eigenvalue weighted by molar-refractivity contribution is 5.89. The minimum atomic E-state index is -1.69. The molecule has 4 heteroatoms. The Balaban J connectivity index is 2.67. The Bertz CT molecular complexity index is 418. The Hall–Kier alpha value is -1.39. The maximum Gasteiger partial charge on any atom is 0.340 e. The van der Waals surface area contributed by atoms with Gasteiger partial charge in [0.25, 0.3) is 0 Å². The quantitative estimate of drug-likeness (QED) is 0.648. The van der Waals surface area contributed by atoms with Crippen molar-refractivity contribution in [3.05, 3.63) is 35.9 Å². The summed E-state index contributed by atoms with van der Waals surface area (Å²) < 4.78 is 5.05. The van der Waals surface area contributed by atoms with E-state index >= 15 is 0 Å². The van der Waals surface area contributed by atoms with Crippen LogP contribution in [-0.2, 0) is 4.74 Å². The highest BCUT2D eigenvalue weighted by Crippen LogP contribution is 2.27. The van der Waals surface area contributed by atoms with Crippen molar-refractivity contribution in [1.29, 1.82) is 0 Å². The molecule has 4 nitrogen and oxygen atoms in total. The van der Waals surface area contributed by atoms with Crippen molar-refractivity contribution in [1.82, 2.24) is 0 Å². The molecule has 106 valence electrons. The third kappa shape index (κ3) is 5.01. The molecule has 2 unspecified atom stereocenters. The highest BCUT2D eigenvalue weighted by Gasteiger charge is 2.34. The number of rotatable bonds is 4. The molecule has 0 saturated carbocycles. The normalized spacial score (nSPS) is 16.5. The van der Waals surface area contributed by atoms with Gasteiger partial charge in [-0.05, 0) is 17.5 Å². The van der Waals surface area contributed by atoms with Gasteiger partial charge >= 0.3 is 5.97 Å². The Morgan fingerprint density at radius 2 is 1.74 bits per heavy atom. The van der Waals surface area contributed by atoms with Gasteiger partial charge in [0.05, 0.1) is 11.7 Å². The van der Waals surface area contributed by atoms with Gasteiger partial charge in [0, 0.05) is 13.3 Å². The number of aliphatic hydroxyl groups is 2. The number of benzene rings is 1. The number of aliphatic hydroxyl groups excluding tert-OH is 1. The van der Waals surface area contributed by atoms with E-state index in [2.05, 4.69) is 0 Å². The van der Waals surface area contributed by atoms with E-state index in [1.807, 2.05) is 20.8 Å². The van der Waals surface area contributed by atoms with Crippen LogP contribution in [0, 0.1) is 5.41 Å². The number of carbonyl (C=O) groups is 1. The molecule has 0 bridgehead atoms. The standard InChI is InChI=1S/C15H22O4/c1-14(2,3)12(16)10-15(4,18)19-13(17)11-8-6-5-7-9-11/h5-9,12,16,18H,10H2,1-4H3. The second kappa shape index (κ2) is 5.72. The maximum atomic E-state index is 11.8. The molecule has 0 spiro atoms. The molecular weight excluding hydrogens is 244 g/mol. The van der Waals surface area contributed by atoms with Crippen molar-refractivity contribution in [2.45, 2.75) is 46.0 Å². The van der Waals surface area contributed by atoms with Crippen LogP contribution >= 0.6 is 0 Å². The van der Waals surface area contributed by atoms with Crippen LogP contribution in [0.25, 0.3) is 0 Å². The fraction of sp³-hybridized carbons (Fsp3) is 0.533. The monoisotopic (exact) mass is 266 g/mol. The van der Waals surface area contributed by atoms with E-state index in [9.17, 15) is 15.0 Å². The summed E-state index contributed by atoms with van der Waals surface area (Å²) >= 11 is 0. The Morgan fingerprint density at radius 3 is 2.21 bits per heavy atom. The summed E-state index contributed by atoms with van der Waals surface area (Å²) in [5.41, 5.74) is -0.0172. The molecule has 0 aromatic heterocycles. The van der Waals surface area contributed by atoms with E-state index in [4.69, 9.17) is 4.74 Å². The topological polar surface area (TPSA) is 66.8 Å². The average Bonchev–Trinajstić information content (AvgIpc) is 2.27. The van der Waals surface area contributed by atoms with Crippen LogP contribution in [0.5, 0.6) is 0 Å². The lowest BCUT2D eigenvalue weighted by Gasteiger charge is -2.32. The van der Waals surface area contributed by atoms with Gasteiger partial charge in [0.1, 0.15) is 0 Å². The van der Waals surface area contributed by atoms with Gasteiger partial charge in [0.15, 0.2) is 0 Å². The summed E-state index contributed by atoms with van der Waals surface area (Å²) in [7, 11) is 0. The molecule has 19 heavy (non-hydrogen) atoms. The Kier molecular flexibility index (Phi) is 4.71. The Morgan fingerprint density at radius 1 is 1.21 bits per heavy atom. The van der Waals surface area contributed by atoms with Crippen LogP contribution in [0.1, 0.15) is 44.5 Å². The third-order valence-corrected chi connectivity index (χ3v) is 2.89. The van der Waals surface area contributed by atoms with Crippen molar-refractivity contribution in [3.8, 4) is 0 Å². The number of esters is 1. The zero-order valence-electron chi connectivity index (χ0n) is 11.9. The summed E-state index contributed by atoms with van der Waals surface area (Å²) in [5, 5.41) is 20.0. The molecule has 2 atom stereocenters. The number of hydrogen-bond donors (Lipinski definition) is 2. The van der Waals surface area contributed by atoms with Gasteiger partial charge in [-0.25, -0.2) is 4.79 Å². The summed E-state index contributed by atoms with van der Waals surface area (Å²) in [4.78, 5) is 11.8. The minimum absolute atomic E-state index is 0.0327. The molecular formula is C15H22O4. The molecule has 0 amide bonds. The number of ether oxygens (including phenoxy) is 1. The minimum Gasteiger partial charge on any atom is -0.430 e. The van der Waals surface area contributed by atoms with Crippen LogP contribution in [0.15, 0.2) is 30.3 Å². The van der Waals surface area contributed by atoms with Crippen molar-refractivity contribution in [2.75, 3.05) is 0 Å². The first-order valence-corrected chi connectivity index (χ1v) is 6.31. The van der Waals surface area contributed by atoms with E-state index in [1.54, 1.807) is 30.3 Å². The van der Waals surface area contributed by atoms with Gasteiger partial charge in [-0.3, -0.25) is 0 Å². The molecule has 0 aliphatic rings. The zero-order chi connectivity index (χ0) is 14.7. The van der Waals surface area contributed by atoms with Crippen LogP contribution in [-0.4, -0.2) is 28.1 Å². The summed E-state index contributed by atoms with van der Waals surface area (Å²) in [6, 6.07) is 8.44. The van der Waals surface area contributed by atoms with Crippen LogP contribution in [0.2, 0.25) is 0 Å². The molecule has 1 rings (SSSR count). The first-order chi connectivity index (χ1) is 8.62. The molecule has 0 aliphatic heterocycles. The fourth-order valence-corrected chi connectivity index (χ4v) is 1.54. The lowest BCUT2D eigenvalue weighted by molar-refractivity contribution is -0.178. The highest BCUT2D eigenvalue weighted by atomic mass is 16.7. The van der Waals surface area contributed by atoms with Crippen LogP contribution < -0.4 is 0 Å². The second-order valence-corrected chi connectivity index (χ2v) is 6.02. The summed E-state index contributed by atoms with van der Waals surface area (Å²) in [6.07, 6.45) is -0.805. The lowest BCUT2D eigenvalue weighted by Crippen LogP contribution is -2.39. The molecule has 1 aromatic rings. The largest absolute Gasteiger partial charge is 0.430 e. The van der Waals surface area contributed by atoms with Crippen LogP contribution in [0.3, 0.4) is 0 Å². The van der Waals surface area contributed by atoms with Crippen molar-refractivity contribution < 1.29 is 19.7 Å². The number of hydrogen-bond acceptors (Lipinski definition) is 4. The van der Waals surface area contributed by atoms with Crippen molar-refractivity contribution in [3.63, 3.8) is 0 Å². The lowest BCUT2D eigenvalue weighted by atomic mass is 9.85. The van der Waals surface area contributed by atoms with Crippen molar-refractivity contribution >= 4 is 5.97 Å². The molecule has 1 aromatic carbocycles.